The molecule has 1 aliphatic rings. The standard InChI is InChI=1S/C20H19N3O2S/c1-12(14-3-4-15-10-20(25)26-18(15)9-14)17-7-8-23(22-17)19-6-5-16(11-21-19)13(2)24/h3-9,11-13,24H,10H2,1-2H3. The van der Waals surface area contributed by atoms with Gasteiger partial charge in [0.15, 0.2) is 10.9 Å². The molecule has 0 radical (unpaired) electrons. The van der Waals surface area contributed by atoms with Gasteiger partial charge in [0.1, 0.15) is 0 Å². The summed E-state index contributed by atoms with van der Waals surface area (Å²) in [7, 11) is 0. The Hall–Kier alpha value is -2.44. The van der Waals surface area contributed by atoms with Crippen LogP contribution in [0.5, 0.6) is 0 Å². The topological polar surface area (TPSA) is 68.0 Å². The zero-order valence-corrected chi connectivity index (χ0v) is 15.4. The van der Waals surface area contributed by atoms with E-state index in [4.69, 9.17) is 0 Å². The summed E-state index contributed by atoms with van der Waals surface area (Å²) in [5.41, 5.74) is 3.98. The van der Waals surface area contributed by atoms with Crippen molar-refractivity contribution in [3.05, 3.63) is 71.2 Å². The third kappa shape index (κ3) is 3.18. The van der Waals surface area contributed by atoms with Crippen molar-refractivity contribution in [3.8, 4) is 5.82 Å². The second-order valence-corrected chi connectivity index (χ2v) is 7.65. The first-order valence-corrected chi connectivity index (χ1v) is 9.36. The highest BCUT2D eigenvalue weighted by molar-refractivity contribution is 8.14. The van der Waals surface area contributed by atoms with Crippen LogP contribution < -0.4 is 0 Å². The normalized spacial score (nSPS) is 15.7. The van der Waals surface area contributed by atoms with Crippen LogP contribution in [0.2, 0.25) is 0 Å². The molecule has 0 saturated carbocycles. The molecule has 0 fully saturated rings. The number of carbonyl (C=O) groups is 1. The zero-order valence-electron chi connectivity index (χ0n) is 14.6. The van der Waals surface area contributed by atoms with E-state index in [0.29, 0.717) is 12.2 Å². The number of aliphatic hydroxyl groups is 1. The third-order valence-corrected chi connectivity index (χ3v) is 5.66. The fourth-order valence-electron chi connectivity index (χ4n) is 3.04. The van der Waals surface area contributed by atoms with Gasteiger partial charge in [-0.25, -0.2) is 9.67 Å². The Kier molecular flexibility index (Phi) is 4.38. The highest BCUT2D eigenvalue weighted by Crippen LogP contribution is 2.35. The molecule has 2 atom stereocenters. The molecule has 1 N–H and O–H groups in total. The van der Waals surface area contributed by atoms with Gasteiger partial charge in [0.25, 0.3) is 0 Å². The van der Waals surface area contributed by atoms with Crippen molar-refractivity contribution in [2.45, 2.75) is 37.2 Å². The molecule has 5 nitrogen and oxygen atoms in total. The first-order valence-electron chi connectivity index (χ1n) is 8.55. The monoisotopic (exact) mass is 365 g/mol. The van der Waals surface area contributed by atoms with Crippen LogP contribution in [0.3, 0.4) is 0 Å². The minimum Gasteiger partial charge on any atom is -0.389 e. The van der Waals surface area contributed by atoms with Gasteiger partial charge >= 0.3 is 0 Å². The van der Waals surface area contributed by atoms with Crippen LogP contribution in [0.1, 0.15) is 48.3 Å². The summed E-state index contributed by atoms with van der Waals surface area (Å²) < 4.78 is 1.74. The van der Waals surface area contributed by atoms with Crippen LogP contribution in [-0.4, -0.2) is 25.0 Å². The van der Waals surface area contributed by atoms with Gasteiger partial charge in [-0.2, -0.15) is 5.10 Å². The van der Waals surface area contributed by atoms with Crippen LogP contribution in [0, 0.1) is 0 Å². The minimum absolute atomic E-state index is 0.120. The summed E-state index contributed by atoms with van der Waals surface area (Å²) in [6, 6.07) is 11.9. The summed E-state index contributed by atoms with van der Waals surface area (Å²) in [5, 5.41) is 14.5. The molecule has 1 aliphatic heterocycles. The molecule has 4 rings (SSSR count). The molecule has 0 amide bonds. The zero-order chi connectivity index (χ0) is 18.3. The molecular formula is C20H19N3O2S. The number of benzene rings is 1. The number of fused-ring (bicyclic) bond motifs is 1. The minimum atomic E-state index is -0.533. The maximum absolute atomic E-state index is 11.6. The second kappa shape index (κ2) is 6.70. The number of aliphatic hydroxyl groups excluding tert-OH is 1. The van der Waals surface area contributed by atoms with Crippen LogP contribution in [-0.2, 0) is 11.2 Å². The van der Waals surface area contributed by atoms with Crippen LogP contribution in [0.4, 0.5) is 0 Å². The molecule has 0 bridgehead atoms. The van der Waals surface area contributed by atoms with Gasteiger partial charge in [-0.3, -0.25) is 4.79 Å². The SMILES string of the molecule is CC(O)c1ccc(-n2ccc(C(C)c3ccc4c(c3)SC(=O)C4)n2)nc1. The Labute approximate surface area is 156 Å². The number of aromatic nitrogens is 3. The van der Waals surface area contributed by atoms with Crippen molar-refractivity contribution in [1.29, 1.82) is 0 Å². The van der Waals surface area contributed by atoms with E-state index in [2.05, 4.69) is 29.1 Å². The lowest BCUT2D eigenvalue weighted by Crippen LogP contribution is -2.03. The van der Waals surface area contributed by atoms with Gasteiger partial charge in [0.2, 0.25) is 0 Å². The molecule has 1 aromatic carbocycles. The van der Waals surface area contributed by atoms with Crippen molar-refractivity contribution in [2.75, 3.05) is 0 Å². The summed E-state index contributed by atoms with van der Waals surface area (Å²) in [6.07, 6.45) is 3.55. The number of hydrogen-bond acceptors (Lipinski definition) is 5. The molecular weight excluding hydrogens is 346 g/mol. The van der Waals surface area contributed by atoms with E-state index in [1.807, 2.05) is 30.5 Å². The summed E-state index contributed by atoms with van der Waals surface area (Å²) in [5.74, 6) is 0.831. The first-order chi connectivity index (χ1) is 12.5. The summed E-state index contributed by atoms with van der Waals surface area (Å²) in [6.45, 7) is 3.83. The molecule has 132 valence electrons. The maximum atomic E-state index is 11.6. The number of nitrogens with zero attached hydrogens (tertiary/aromatic N) is 3. The van der Waals surface area contributed by atoms with Crippen molar-refractivity contribution in [3.63, 3.8) is 0 Å². The van der Waals surface area contributed by atoms with Crippen LogP contribution in [0.15, 0.2) is 53.7 Å². The highest BCUT2D eigenvalue weighted by atomic mass is 32.2. The molecule has 3 aromatic rings. The first kappa shape index (κ1) is 17.0. The fraction of sp³-hybridized carbons (Fsp3) is 0.250. The van der Waals surface area contributed by atoms with Gasteiger partial charge in [0.05, 0.1) is 11.8 Å². The smallest absolute Gasteiger partial charge is 0.198 e. The van der Waals surface area contributed by atoms with E-state index in [9.17, 15) is 9.90 Å². The average Bonchev–Trinajstić information content (AvgIpc) is 3.26. The Balaban J connectivity index is 1.58. The van der Waals surface area contributed by atoms with Crippen molar-refractivity contribution in [1.82, 2.24) is 14.8 Å². The molecule has 6 heteroatoms. The molecule has 26 heavy (non-hydrogen) atoms. The van der Waals surface area contributed by atoms with Gasteiger partial charge in [-0.05, 0) is 41.8 Å². The summed E-state index contributed by atoms with van der Waals surface area (Å²) >= 11 is 1.33. The maximum Gasteiger partial charge on any atom is 0.198 e. The van der Waals surface area contributed by atoms with E-state index in [1.165, 1.54) is 11.8 Å². The predicted octanol–water partition coefficient (Wildman–Crippen LogP) is 3.65. The number of thioether (sulfide) groups is 1. The number of hydrogen-bond donors (Lipinski definition) is 1. The van der Waals surface area contributed by atoms with Gasteiger partial charge < -0.3 is 5.11 Å². The Bertz CT molecular complexity index is 963. The lowest BCUT2D eigenvalue weighted by molar-refractivity contribution is -0.110. The van der Waals surface area contributed by atoms with E-state index in [0.717, 1.165) is 27.3 Å². The molecule has 0 spiro atoms. The van der Waals surface area contributed by atoms with E-state index in [-0.39, 0.29) is 11.0 Å². The van der Waals surface area contributed by atoms with Gasteiger partial charge in [-0.15, -0.1) is 0 Å². The lowest BCUT2D eigenvalue weighted by atomic mass is 9.96. The van der Waals surface area contributed by atoms with Gasteiger partial charge in [-0.1, -0.05) is 36.9 Å². The van der Waals surface area contributed by atoms with E-state index in [1.54, 1.807) is 17.8 Å². The lowest BCUT2D eigenvalue weighted by Gasteiger charge is -2.11. The molecule has 0 aliphatic carbocycles. The van der Waals surface area contributed by atoms with Crippen molar-refractivity contribution in [2.24, 2.45) is 0 Å². The predicted molar refractivity (Wildman–Crippen MR) is 101 cm³/mol. The van der Waals surface area contributed by atoms with Gasteiger partial charge in [0, 0.05) is 29.6 Å². The van der Waals surface area contributed by atoms with Crippen LogP contribution in [0.25, 0.3) is 5.82 Å². The number of carbonyl (C=O) groups excluding carboxylic acids is 1. The summed E-state index contributed by atoms with van der Waals surface area (Å²) in [4.78, 5) is 17.0. The third-order valence-electron chi connectivity index (χ3n) is 4.69. The highest BCUT2D eigenvalue weighted by Gasteiger charge is 2.21. The fourth-order valence-corrected chi connectivity index (χ4v) is 3.98. The molecule has 2 unspecified atom stereocenters. The Morgan fingerprint density at radius 1 is 1.15 bits per heavy atom. The molecule has 3 heterocycles. The van der Waals surface area contributed by atoms with Crippen molar-refractivity contribution >= 4 is 16.9 Å². The molecule has 0 saturated heterocycles. The van der Waals surface area contributed by atoms with E-state index < -0.39 is 6.10 Å². The van der Waals surface area contributed by atoms with Crippen LogP contribution >= 0.6 is 11.8 Å². The van der Waals surface area contributed by atoms with E-state index >= 15 is 0 Å². The number of rotatable bonds is 4. The quantitative estimate of drug-likeness (QED) is 0.764. The van der Waals surface area contributed by atoms with Crippen molar-refractivity contribution < 1.29 is 9.90 Å². The molecule has 2 aromatic heterocycles. The second-order valence-electron chi connectivity index (χ2n) is 6.55. The average molecular weight is 365 g/mol. The largest absolute Gasteiger partial charge is 0.389 e. The Morgan fingerprint density at radius 2 is 1.96 bits per heavy atom. The Morgan fingerprint density at radius 3 is 2.69 bits per heavy atom. The number of pyridine rings is 1.